The van der Waals surface area contributed by atoms with E-state index >= 15 is 0 Å². The third kappa shape index (κ3) is 4.09. The lowest BCUT2D eigenvalue weighted by Gasteiger charge is -2.23. The molecule has 112 valence electrons. The SMILES string of the molecule is CCCN1CCN(C(=O)CC2=CCCCC2)CCC1=O. The van der Waals surface area contributed by atoms with E-state index in [1.165, 1.54) is 18.4 Å². The maximum Gasteiger partial charge on any atom is 0.226 e. The van der Waals surface area contributed by atoms with Gasteiger partial charge in [-0.25, -0.2) is 0 Å². The van der Waals surface area contributed by atoms with E-state index in [0.717, 1.165) is 25.8 Å². The molecule has 0 atom stereocenters. The van der Waals surface area contributed by atoms with Crippen molar-refractivity contribution in [1.29, 1.82) is 0 Å². The summed E-state index contributed by atoms with van der Waals surface area (Å²) in [5, 5.41) is 0. The summed E-state index contributed by atoms with van der Waals surface area (Å²) in [5.74, 6) is 0.392. The first-order valence-electron chi connectivity index (χ1n) is 7.94. The standard InChI is InChI=1S/C16H26N2O2/c1-2-9-17-11-12-18(10-8-15(17)19)16(20)13-14-6-4-3-5-7-14/h6H,2-5,7-13H2,1H3. The summed E-state index contributed by atoms with van der Waals surface area (Å²) in [6, 6.07) is 0. The molecule has 0 N–H and O–H groups in total. The van der Waals surface area contributed by atoms with E-state index in [1.54, 1.807) is 0 Å². The van der Waals surface area contributed by atoms with Crippen LogP contribution in [0.5, 0.6) is 0 Å². The molecule has 2 rings (SSSR count). The number of carbonyl (C=O) groups is 2. The highest BCUT2D eigenvalue weighted by atomic mass is 16.2. The van der Waals surface area contributed by atoms with E-state index in [-0.39, 0.29) is 11.8 Å². The van der Waals surface area contributed by atoms with Crippen molar-refractivity contribution in [3.8, 4) is 0 Å². The molecule has 0 radical (unpaired) electrons. The molecular weight excluding hydrogens is 252 g/mol. The molecule has 1 fully saturated rings. The molecule has 0 unspecified atom stereocenters. The first-order chi connectivity index (χ1) is 9.70. The van der Waals surface area contributed by atoms with Gasteiger partial charge in [0, 0.05) is 39.0 Å². The van der Waals surface area contributed by atoms with E-state index in [1.807, 2.05) is 9.80 Å². The Hall–Kier alpha value is -1.32. The fraction of sp³-hybridized carbons (Fsp3) is 0.750. The van der Waals surface area contributed by atoms with Crippen molar-refractivity contribution in [2.75, 3.05) is 26.2 Å². The van der Waals surface area contributed by atoms with Gasteiger partial charge in [-0.15, -0.1) is 0 Å². The molecule has 4 heteroatoms. The number of hydrogen-bond acceptors (Lipinski definition) is 2. The Morgan fingerprint density at radius 2 is 2.05 bits per heavy atom. The van der Waals surface area contributed by atoms with Crippen LogP contribution in [0.1, 0.15) is 51.9 Å². The van der Waals surface area contributed by atoms with Gasteiger partial charge >= 0.3 is 0 Å². The molecule has 1 aliphatic carbocycles. The molecule has 0 saturated carbocycles. The Morgan fingerprint density at radius 3 is 2.75 bits per heavy atom. The molecular formula is C16H26N2O2. The molecule has 0 aromatic rings. The summed E-state index contributed by atoms with van der Waals surface area (Å²) < 4.78 is 0. The van der Waals surface area contributed by atoms with Crippen LogP contribution in [-0.4, -0.2) is 47.8 Å². The second-order valence-electron chi connectivity index (χ2n) is 5.80. The molecule has 1 heterocycles. The van der Waals surface area contributed by atoms with Crippen molar-refractivity contribution in [2.45, 2.75) is 51.9 Å². The monoisotopic (exact) mass is 278 g/mol. The molecule has 0 spiro atoms. The zero-order valence-corrected chi connectivity index (χ0v) is 12.6. The van der Waals surface area contributed by atoms with Crippen LogP contribution in [0.4, 0.5) is 0 Å². The molecule has 2 aliphatic rings. The van der Waals surface area contributed by atoms with E-state index in [2.05, 4.69) is 13.0 Å². The zero-order valence-electron chi connectivity index (χ0n) is 12.6. The van der Waals surface area contributed by atoms with Crippen molar-refractivity contribution in [3.05, 3.63) is 11.6 Å². The predicted octanol–water partition coefficient (Wildman–Crippen LogP) is 2.35. The molecule has 2 amide bonds. The average molecular weight is 278 g/mol. The summed E-state index contributed by atoms with van der Waals surface area (Å²) in [6.45, 7) is 4.86. The van der Waals surface area contributed by atoms with E-state index in [0.29, 0.717) is 32.5 Å². The molecule has 0 aromatic carbocycles. The van der Waals surface area contributed by atoms with Crippen molar-refractivity contribution in [1.82, 2.24) is 9.80 Å². The lowest BCUT2D eigenvalue weighted by atomic mass is 9.97. The van der Waals surface area contributed by atoms with Crippen LogP contribution in [0.25, 0.3) is 0 Å². The van der Waals surface area contributed by atoms with Gasteiger partial charge in [0.1, 0.15) is 0 Å². The molecule has 0 bridgehead atoms. The van der Waals surface area contributed by atoms with Gasteiger partial charge < -0.3 is 9.80 Å². The zero-order chi connectivity index (χ0) is 14.4. The Balaban J connectivity index is 1.87. The summed E-state index contributed by atoms with van der Waals surface area (Å²) in [5.41, 5.74) is 1.29. The van der Waals surface area contributed by atoms with Gasteiger partial charge in [-0.05, 0) is 32.1 Å². The van der Waals surface area contributed by atoms with Crippen LogP contribution in [-0.2, 0) is 9.59 Å². The highest BCUT2D eigenvalue weighted by Crippen LogP contribution is 2.21. The first kappa shape index (κ1) is 15.1. The van der Waals surface area contributed by atoms with Gasteiger partial charge in [0.15, 0.2) is 0 Å². The van der Waals surface area contributed by atoms with Gasteiger partial charge in [-0.2, -0.15) is 0 Å². The van der Waals surface area contributed by atoms with Crippen molar-refractivity contribution >= 4 is 11.8 Å². The summed E-state index contributed by atoms with van der Waals surface area (Å²) >= 11 is 0. The number of hydrogen-bond donors (Lipinski definition) is 0. The third-order valence-electron chi connectivity index (χ3n) is 4.20. The van der Waals surface area contributed by atoms with Crippen LogP contribution in [0.2, 0.25) is 0 Å². The fourth-order valence-electron chi connectivity index (χ4n) is 2.99. The van der Waals surface area contributed by atoms with Crippen molar-refractivity contribution in [2.24, 2.45) is 0 Å². The Labute approximate surface area is 121 Å². The lowest BCUT2D eigenvalue weighted by molar-refractivity contribution is -0.130. The lowest BCUT2D eigenvalue weighted by Crippen LogP contribution is -2.36. The second-order valence-corrected chi connectivity index (χ2v) is 5.80. The summed E-state index contributed by atoms with van der Waals surface area (Å²) in [7, 11) is 0. The topological polar surface area (TPSA) is 40.6 Å². The first-order valence-corrected chi connectivity index (χ1v) is 7.94. The number of allylic oxidation sites excluding steroid dienone is 1. The average Bonchev–Trinajstić information content (AvgIpc) is 2.63. The highest BCUT2D eigenvalue weighted by Gasteiger charge is 2.23. The minimum atomic E-state index is 0.194. The number of rotatable bonds is 4. The minimum absolute atomic E-state index is 0.194. The Bertz CT molecular complexity index is 390. The van der Waals surface area contributed by atoms with Gasteiger partial charge in [0.05, 0.1) is 0 Å². The van der Waals surface area contributed by atoms with Crippen LogP contribution in [0, 0.1) is 0 Å². The number of carbonyl (C=O) groups excluding carboxylic acids is 2. The van der Waals surface area contributed by atoms with E-state index in [9.17, 15) is 9.59 Å². The molecule has 0 aromatic heterocycles. The largest absolute Gasteiger partial charge is 0.341 e. The summed E-state index contributed by atoms with van der Waals surface area (Å²) in [4.78, 5) is 28.1. The molecule has 1 aliphatic heterocycles. The van der Waals surface area contributed by atoms with Gasteiger partial charge in [0.2, 0.25) is 11.8 Å². The Morgan fingerprint density at radius 1 is 1.20 bits per heavy atom. The van der Waals surface area contributed by atoms with Gasteiger partial charge in [-0.1, -0.05) is 18.6 Å². The second kappa shape index (κ2) is 7.46. The Kier molecular flexibility index (Phi) is 5.62. The normalized spacial score (nSPS) is 20.6. The maximum absolute atomic E-state index is 12.3. The summed E-state index contributed by atoms with van der Waals surface area (Å²) in [6.07, 6.45) is 8.89. The molecule has 1 saturated heterocycles. The van der Waals surface area contributed by atoms with E-state index < -0.39 is 0 Å². The number of nitrogens with zero attached hydrogens (tertiary/aromatic N) is 2. The van der Waals surface area contributed by atoms with Crippen LogP contribution >= 0.6 is 0 Å². The quantitative estimate of drug-likeness (QED) is 0.741. The minimum Gasteiger partial charge on any atom is -0.341 e. The maximum atomic E-state index is 12.3. The smallest absolute Gasteiger partial charge is 0.226 e. The van der Waals surface area contributed by atoms with Crippen molar-refractivity contribution < 1.29 is 9.59 Å². The third-order valence-corrected chi connectivity index (χ3v) is 4.20. The van der Waals surface area contributed by atoms with Crippen LogP contribution in [0.15, 0.2) is 11.6 Å². The van der Waals surface area contributed by atoms with Crippen LogP contribution in [0.3, 0.4) is 0 Å². The number of amides is 2. The van der Waals surface area contributed by atoms with Gasteiger partial charge in [-0.3, -0.25) is 9.59 Å². The molecule has 20 heavy (non-hydrogen) atoms. The van der Waals surface area contributed by atoms with Crippen LogP contribution < -0.4 is 0 Å². The van der Waals surface area contributed by atoms with E-state index in [4.69, 9.17) is 0 Å². The highest BCUT2D eigenvalue weighted by molar-refractivity contribution is 5.81. The van der Waals surface area contributed by atoms with Crippen molar-refractivity contribution in [3.63, 3.8) is 0 Å². The fourth-order valence-corrected chi connectivity index (χ4v) is 2.99. The predicted molar refractivity (Wildman–Crippen MR) is 79.2 cm³/mol. The van der Waals surface area contributed by atoms with Gasteiger partial charge in [0.25, 0.3) is 0 Å². The molecule has 4 nitrogen and oxygen atoms in total.